The van der Waals surface area contributed by atoms with Gasteiger partial charge in [0.05, 0.1) is 15.9 Å². The lowest BCUT2D eigenvalue weighted by Gasteiger charge is -2.28. The molecular formula is C11H16BrN3S. The number of nitrogens with two attached hydrogens (primary N) is 1. The molecule has 1 atom stereocenters. The lowest BCUT2D eigenvalue weighted by molar-refractivity contribution is 0.220. The third-order valence-electron chi connectivity index (χ3n) is 2.50. The second-order valence-corrected chi connectivity index (χ2v) is 5.92. The highest BCUT2D eigenvalue weighted by Gasteiger charge is 2.18. The first kappa shape index (κ1) is 13.7. The highest BCUT2D eigenvalue weighted by molar-refractivity contribution is 9.11. The SMILES string of the molecule is CCN(CCC#N)C(CN)c1ccc(Br)s1. The number of nitriles is 1. The Balaban J connectivity index is 2.75. The Morgan fingerprint density at radius 1 is 1.62 bits per heavy atom. The molecule has 0 fully saturated rings. The van der Waals surface area contributed by atoms with Gasteiger partial charge in [0, 0.05) is 24.4 Å². The van der Waals surface area contributed by atoms with Crippen molar-refractivity contribution in [2.75, 3.05) is 19.6 Å². The van der Waals surface area contributed by atoms with Crippen molar-refractivity contribution in [2.24, 2.45) is 5.73 Å². The van der Waals surface area contributed by atoms with Crippen molar-refractivity contribution in [3.05, 3.63) is 20.8 Å². The molecule has 1 aromatic rings. The summed E-state index contributed by atoms with van der Waals surface area (Å²) in [6.07, 6.45) is 0.552. The summed E-state index contributed by atoms with van der Waals surface area (Å²) in [4.78, 5) is 3.51. The molecule has 88 valence electrons. The molecule has 0 saturated carbocycles. The number of nitrogens with zero attached hydrogens (tertiary/aromatic N) is 2. The summed E-state index contributed by atoms with van der Waals surface area (Å²) in [6.45, 7) is 4.39. The zero-order chi connectivity index (χ0) is 12.0. The lowest BCUT2D eigenvalue weighted by Crippen LogP contribution is -2.33. The highest BCUT2D eigenvalue weighted by atomic mass is 79.9. The number of hydrogen-bond acceptors (Lipinski definition) is 4. The smallest absolute Gasteiger partial charge is 0.0702 e. The van der Waals surface area contributed by atoms with E-state index < -0.39 is 0 Å². The topological polar surface area (TPSA) is 53.0 Å². The van der Waals surface area contributed by atoms with Crippen LogP contribution >= 0.6 is 27.3 Å². The zero-order valence-electron chi connectivity index (χ0n) is 9.32. The molecule has 2 N–H and O–H groups in total. The normalized spacial score (nSPS) is 12.7. The molecule has 5 heteroatoms. The van der Waals surface area contributed by atoms with Crippen LogP contribution in [0.2, 0.25) is 0 Å². The zero-order valence-corrected chi connectivity index (χ0v) is 11.7. The van der Waals surface area contributed by atoms with Crippen molar-refractivity contribution >= 4 is 27.3 Å². The predicted molar refractivity (Wildman–Crippen MR) is 71.3 cm³/mol. The van der Waals surface area contributed by atoms with Gasteiger partial charge in [-0.25, -0.2) is 0 Å². The fourth-order valence-corrected chi connectivity index (χ4v) is 3.25. The van der Waals surface area contributed by atoms with E-state index in [0.717, 1.165) is 16.9 Å². The molecule has 0 aliphatic carbocycles. The Labute approximate surface area is 109 Å². The molecule has 1 rings (SSSR count). The summed E-state index contributed by atoms with van der Waals surface area (Å²) in [5.41, 5.74) is 5.83. The third kappa shape index (κ3) is 3.56. The summed E-state index contributed by atoms with van der Waals surface area (Å²) in [6, 6.07) is 6.55. The van der Waals surface area contributed by atoms with Crippen molar-refractivity contribution in [1.29, 1.82) is 5.26 Å². The van der Waals surface area contributed by atoms with Crippen LogP contribution in [0.4, 0.5) is 0 Å². The molecule has 3 nitrogen and oxygen atoms in total. The van der Waals surface area contributed by atoms with E-state index in [9.17, 15) is 0 Å². The minimum Gasteiger partial charge on any atom is -0.329 e. The molecule has 0 aromatic carbocycles. The van der Waals surface area contributed by atoms with E-state index >= 15 is 0 Å². The van der Waals surface area contributed by atoms with E-state index in [1.165, 1.54) is 4.88 Å². The highest BCUT2D eigenvalue weighted by Crippen LogP contribution is 2.30. The molecule has 1 aromatic heterocycles. The summed E-state index contributed by atoms with van der Waals surface area (Å²) < 4.78 is 1.12. The first-order valence-electron chi connectivity index (χ1n) is 5.29. The van der Waals surface area contributed by atoms with Crippen LogP contribution in [0.3, 0.4) is 0 Å². The van der Waals surface area contributed by atoms with E-state index in [1.54, 1.807) is 11.3 Å². The molecule has 0 aliphatic heterocycles. The fraction of sp³-hybridized carbons (Fsp3) is 0.545. The Hall–Kier alpha value is -0.410. The van der Waals surface area contributed by atoms with Gasteiger partial charge in [-0.1, -0.05) is 6.92 Å². The van der Waals surface area contributed by atoms with Crippen molar-refractivity contribution in [2.45, 2.75) is 19.4 Å². The maximum absolute atomic E-state index is 8.63. The molecule has 16 heavy (non-hydrogen) atoms. The molecule has 0 amide bonds. The van der Waals surface area contributed by atoms with Crippen molar-refractivity contribution in [3.63, 3.8) is 0 Å². The van der Waals surface area contributed by atoms with Crippen LogP contribution in [-0.4, -0.2) is 24.5 Å². The summed E-state index contributed by atoms with van der Waals surface area (Å²) in [5.74, 6) is 0. The Bertz CT molecular complexity index is 358. The van der Waals surface area contributed by atoms with Crippen LogP contribution in [0.1, 0.15) is 24.3 Å². The monoisotopic (exact) mass is 301 g/mol. The second kappa shape index (κ2) is 7.02. The van der Waals surface area contributed by atoms with Crippen LogP contribution in [-0.2, 0) is 0 Å². The molecule has 0 saturated heterocycles. The minimum absolute atomic E-state index is 0.231. The number of thiophene rings is 1. The maximum atomic E-state index is 8.63. The van der Waals surface area contributed by atoms with Crippen LogP contribution in [0.25, 0.3) is 0 Å². The Morgan fingerprint density at radius 2 is 2.38 bits per heavy atom. The van der Waals surface area contributed by atoms with Gasteiger partial charge in [0.1, 0.15) is 0 Å². The average Bonchev–Trinajstić information content (AvgIpc) is 2.70. The summed E-state index contributed by atoms with van der Waals surface area (Å²) in [7, 11) is 0. The lowest BCUT2D eigenvalue weighted by atomic mass is 10.2. The molecule has 0 bridgehead atoms. The standard InChI is InChI=1S/C11H16BrN3S/c1-2-15(7-3-6-13)9(8-14)10-4-5-11(12)16-10/h4-5,9H,2-3,7-8,14H2,1H3. The summed E-state index contributed by atoms with van der Waals surface area (Å²) >= 11 is 5.17. The van der Waals surface area contributed by atoms with E-state index in [2.05, 4.69) is 39.9 Å². The second-order valence-electron chi connectivity index (χ2n) is 3.43. The van der Waals surface area contributed by atoms with Crippen LogP contribution < -0.4 is 5.73 Å². The van der Waals surface area contributed by atoms with Gasteiger partial charge in [-0.05, 0) is 34.6 Å². The number of likely N-dealkylation sites (N-methyl/N-ethyl adjacent to an activating group) is 1. The van der Waals surface area contributed by atoms with Crippen molar-refractivity contribution < 1.29 is 0 Å². The van der Waals surface area contributed by atoms with Gasteiger partial charge in [0.15, 0.2) is 0 Å². The molecule has 1 unspecified atom stereocenters. The van der Waals surface area contributed by atoms with Crippen LogP contribution in [0.5, 0.6) is 0 Å². The van der Waals surface area contributed by atoms with Gasteiger partial charge < -0.3 is 5.73 Å². The first-order chi connectivity index (χ1) is 7.72. The van der Waals surface area contributed by atoms with Gasteiger partial charge in [-0.15, -0.1) is 11.3 Å². The summed E-state index contributed by atoms with van der Waals surface area (Å²) in [5, 5.41) is 8.63. The van der Waals surface area contributed by atoms with Crippen molar-refractivity contribution in [3.8, 4) is 6.07 Å². The van der Waals surface area contributed by atoms with Crippen LogP contribution in [0, 0.1) is 11.3 Å². The van der Waals surface area contributed by atoms with E-state index in [0.29, 0.717) is 13.0 Å². The van der Waals surface area contributed by atoms with E-state index in [1.807, 2.05) is 6.07 Å². The van der Waals surface area contributed by atoms with Gasteiger partial charge in [-0.2, -0.15) is 5.26 Å². The first-order valence-corrected chi connectivity index (χ1v) is 6.90. The molecule has 0 radical (unpaired) electrons. The molecule has 1 heterocycles. The predicted octanol–water partition coefficient (Wildman–Crippen LogP) is 2.75. The van der Waals surface area contributed by atoms with E-state index in [4.69, 9.17) is 11.0 Å². The number of hydrogen-bond donors (Lipinski definition) is 1. The molecular weight excluding hydrogens is 286 g/mol. The van der Waals surface area contributed by atoms with Gasteiger partial charge in [0.2, 0.25) is 0 Å². The number of halogens is 1. The van der Waals surface area contributed by atoms with Gasteiger partial charge in [-0.3, -0.25) is 4.90 Å². The third-order valence-corrected chi connectivity index (χ3v) is 4.23. The molecule has 0 spiro atoms. The average molecular weight is 302 g/mol. The number of rotatable bonds is 6. The molecule has 0 aliphatic rings. The maximum Gasteiger partial charge on any atom is 0.0702 e. The van der Waals surface area contributed by atoms with Gasteiger partial charge >= 0.3 is 0 Å². The van der Waals surface area contributed by atoms with Crippen LogP contribution in [0.15, 0.2) is 15.9 Å². The van der Waals surface area contributed by atoms with E-state index in [-0.39, 0.29) is 6.04 Å². The quantitative estimate of drug-likeness (QED) is 0.879. The Morgan fingerprint density at radius 3 is 2.81 bits per heavy atom. The minimum atomic E-state index is 0.231. The largest absolute Gasteiger partial charge is 0.329 e. The van der Waals surface area contributed by atoms with Gasteiger partial charge in [0.25, 0.3) is 0 Å². The van der Waals surface area contributed by atoms with Crippen molar-refractivity contribution in [1.82, 2.24) is 4.90 Å². The Kier molecular flexibility index (Phi) is 5.99. The fourth-order valence-electron chi connectivity index (χ4n) is 1.68.